The normalized spacial score (nSPS) is 19.6. The predicted octanol–water partition coefficient (Wildman–Crippen LogP) is 2.81. The summed E-state index contributed by atoms with van der Waals surface area (Å²) in [6.45, 7) is 3.04. The number of fused-ring (bicyclic) bond motifs is 1. The summed E-state index contributed by atoms with van der Waals surface area (Å²) in [5.41, 5.74) is 8.45. The highest BCUT2D eigenvalue weighted by atomic mass is 19.1. The third-order valence-corrected chi connectivity index (χ3v) is 5.15. The van der Waals surface area contributed by atoms with E-state index in [1.54, 1.807) is 12.1 Å². The Kier molecular flexibility index (Phi) is 4.51. The summed E-state index contributed by atoms with van der Waals surface area (Å²) >= 11 is 0. The first-order valence-corrected chi connectivity index (χ1v) is 9.03. The Labute approximate surface area is 152 Å². The minimum Gasteiger partial charge on any atom is -0.364 e. The maximum atomic E-state index is 14.1. The van der Waals surface area contributed by atoms with Gasteiger partial charge < -0.3 is 15.5 Å². The quantitative estimate of drug-likeness (QED) is 0.902. The first-order chi connectivity index (χ1) is 12.6. The van der Waals surface area contributed by atoms with Gasteiger partial charge in [0.2, 0.25) is 0 Å². The van der Waals surface area contributed by atoms with Gasteiger partial charge in [-0.05, 0) is 24.6 Å². The highest BCUT2D eigenvalue weighted by Crippen LogP contribution is 2.34. The van der Waals surface area contributed by atoms with E-state index < -0.39 is 0 Å². The molecule has 26 heavy (non-hydrogen) atoms. The lowest BCUT2D eigenvalue weighted by Gasteiger charge is -2.39. The zero-order valence-corrected chi connectivity index (χ0v) is 14.6. The van der Waals surface area contributed by atoms with Crippen LogP contribution in [0.15, 0.2) is 48.5 Å². The van der Waals surface area contributed by atoms with Crippen molar-refractivity contribution in [3.8, 4) is 0 Å². The second-order valence-electron chi connectivity index (χ2n) is 6.93. The van der Waals surface area contributed by atoms with Crippen LogP contribution in [0, 0.1) is 5.82 Å². The topological polar surface area (TPSA) is 52.8 Å². The highest BCUT2D eigenvalue weighted by Gasteiger charge is 2.32. The number of nitrogens with zero attached hydrogens (tertiary/aromatic N) is 3. The third-order valence-electron chi connectivity index (χ3n) is 5.15. The Morgan fingerprint density at radius 1 is 1.04 bits per heavy atom. The third kappa shape index (κ3) is 3.12. The summed E-state index contributed by atoms with van der Waals surface area (Å²) in [6, 6.07) is 14.7. The van der Waals surface area contributed by atoms with Crippen molar-refractivity contribution < 1.29 is 9.18 Å². The van der Waals surface area contributed by atoms with Crippen molar-refractivity contribution in [2.45, 2.75) is 19.0 Å². The summed E-state index contributed by atoms with van der Waals surface area (Å²) in [5, 5.41) is 0. The van der Waals surface area contributed by atoms with Crippen molar-refractivity contribution in [3.63, 3.8) is 0 Å². The summed E-state index contributed by atoms with van der Waals surface area (Å²) in [7, 11) is 0. The van der Waals surface area contributed by atoms with Crippen molar-refractivity contribution >= 4 is 17.4 Å². The number of nitrogens with two attached hydrogens (primary N) is 1. The van der Waals surface area contributed by atoms with Gasteiger partial charge in [-0.15, -0.1) is 0 Å². The van der Waals surface area contributed by atoms with Gasteiger partial charge in [0.05, 0.1) is 11.4 Å². The van der Waals surface area contributed by atoms with Crippen LogP contribution in [0.3, 0.4) is 0 Å². The number of likely N-dealkylation sites (tertiary alicyclic amines) is 1. The molecular weight excluding hydrogens is 331 g/mol. The monoisotopic (exact) mass is 354 g/mol. The van der Waals surface area contributed by atoms with Gasteiger partial charge >= 0.3 is 6.03 Å². The van der Waals surface area contributed by atoms with Crippen molar-refractivity contribution in [1.82, 2.24) is 4.90 Å². The van der Waals surface area contributed by atoms with Crippen molar-refractivity contribution in [3.05, 3.63) is 59.9 Å². The van der Waals surface area contributed by atoms with Crippen molar-refractivity contribution in [1.29, 1.82) is 0 Å². The number of urea groups is 1. The molecule has 2 N–H and O–H groups in total. The summed E-state index contributed by atoms with van der Waals surface area (Å²) in [6.07, 6.45) is 0.848. The van der Waals surface area contributed by atoms with Gasteiger partial charge in [-0.25, -0.2) is 9.18 Å². The fourth-order valence-corrected chi connectivity index (χ4v) is 3.75. The second kappa shape index (κ2) is 6.96. The average molecular weight is 354 g/mol. The van der Waals surface area contributed by atoms with Crippen LogP contribution in [0.4, 0.5) is 20.6 Å². The SMILES string of the molecule is NC1CCN(C(=O)N2CCN(Cc3ccccc3F)c3ccccc32)C1. The minimum atomic E-state index is -0.199. The molecule has 2 heterocycles. The smallest absolute Gasteiger partial charge is 0.324 e. The number of hydrogen-bond donors (Lipinski definition) is 1. The van der Waals surface area contributed by atoms with E-state index in [4.69, 9.17) is 5.73 Å². The van der Waals surface area contributed by atoms with Crippen LogP contribution >= 0.6 is 0 Å². The molecule has 1 unspecified atom stereocenters. The van der Waals surface area contributed by atoms with Crippen LogP contribution in [0.1, 0.15) is 12.0 Å². The lowest BCUT2D eigenvalue weighted by atomic mass is 10.1. The molecule has 2 aromatic rings. The molecule has 0 bridgehead atoms. The molecule has 0 saturated carbocycles. The summed E-state index contributed by atoms with van der Waals surface area (Å²) in [5.74, 6) is -0.199. The zero-order chi connectivity index (χ0) is 18.1. The Hall–Kier alpha value is -2.60. The van der Waals surface area contributed by atoms with Gasteiger partial charge in [-0.1, -0.05) is 30.3 Å². The van der Waals surface area contributed by atoms with Crippen LogP contribution in [0.2, 0.25) is 0 Å². The van der Waals surface area contributed by atoms with Crippen LogP contribution < -0.4 is 15.5 Å². The Morgan fingerprint density at radius 2 is 1.77 bits per heavy atom. The molecule has 2 aromatic carbocycles. The Bertz CT molecular complexity index is 812. The van der Waals surface area contributed by atoms with Gasteiger partial charge in [-0.3, -0.25) is 4.90 Å². The molecule has 5 nitrogen and oxygen atoms in total. The number of benzene rings is 2. The molecule has 0 aromatic heterocycles. The number of amides is 2. The molecule has 1 fully saturated rings. The molecule has 136 valence electrons. The van der Waals surface area contributed by atoms with Crippen molar-refractivity contribution in [2.75, 3.05) is 36.0 Å². The molecule has 2 aliphatic rings. The van der Waals surface area contributed by atoms with Crippen LogP contribution in [0.5, 0.6) is 0 Å². The van der Waals surface area contributed by atoms with Crippen LogP contribution in [0.25, 0.3) is 0 Å². The Balaban J connectivity index is 1.59. The van der Waals surface area contributed by atoms with Gasteiger partial charge in [0.15, 0.2) is 0 Å². The molecule has 0 spiro atoms. The van der Waals surface area contributed by atoms with E-state index in [0.717, 1.165) is 17.8 Å². The number of halogens is 1. The van der Waals surface area contributed by atoms with Gasteiger partial charge in [0, 0.05) is 44.3 Å². The van der Waals surface area contributed by atoms with E-state index in [1.165, 1.54) is 6.07 Å². The Morgan fingerprint density at radius 3 is 2.50 bits per heavy atom. The second-order valence-corrected chi connectivity index (χ2v) is 6.93. The summed E-state index contributed by atoms with van der Waals surface area (Å²) < 4.78 is 14.1. The fraction of sp³-hybridized carbons (Fsp3) is 0.350. The molecule has 2 aliphatic heterocycles. The van der Waals surface area contributed by atoms with Crippen LogP contribution in [-0.2, 0) is 6.54 Å². The summed E-state index contributed by atoms with van der Waals surface area (Å²) in [4.78, 5) is 18.7. The number of anilines is 2. The largest absolute Gasteiger partial charge is 0.364 e. The number of carbonyl (C=O) groups excluding carboxylic acids is 1. The zero-order valence-electron chi connectivity index (χ0n) is 14.6. The van der Waals surface area contributed by atoms with Gasteiger partial charge in [0.25, 0.3) is 0 Å². The molecule has 0 aliphatic carbocycles. The van der Waals surface area contributed by atoms with E-state index in [9.17, 15) is 9.18 Å². The van der Waals surface area contributed by atoms with E-state index in [1.807, 2.05) is 40.1 Å². The molecular formula is C20H23FN4O. The molecule has 2 amide bonds. The number of hydrogen-bond acceptors (Lipinski definition) is 3. The van der Waals surface area contributed by atoms with E-state index in [-0.39, 0.29) is 17.9 Å². The molecule has 1 atom stereocenters. The van der Waals surface area contributed by atoms with Gasteiger partial charge in [-0.2, -0.15) is 0 Å². The fourth-order valence-electron chi connectivity index (χ4n) is 3.75. The maximum absolute atomic E-state index is 14.1. The first kappa shape index (κ1) is 16.8. The lowest BCUT2D eigenvalue weighted by Crippen LogP contribution is -2.49. The van der Waals surface area contributed by atoms with Gasteiger partial charge in [0.1, 0.15) is 5.82 Å². The van der Waals surface area contributed by atoms with Crippen molar-refractivity contribution in [2.24, 2.45) is 5.73 Å². The average Bonchev–Trinajstić information content (AvgIpc) is 3.10. The van der Waals surface area contributed by atoms with E-state index >= 15 is 0 Å². The first-order valence-electron chi connectivity index (χ1n) is 9.03. The minimum absolute atomic E-state index is 0.0101. The molecule has 0 radical (unpaired) electrons. The number of para-hydroxylation sites is 2. The lowest BCUT2D eigenvalue weighted by molar-refractivity contribution is 0.214. The standard InChI is InChI=1S/C20H23FN4O/c21-17-6-2-1-5-15(17)13-23-11-12-25(19-8-4-3-7-18(19)23)20(26)24-10-9-16(22)14-24/h1-8,16H,9-14,22H2. The van der Waals surface area contributed by atoms with E-state index in [0.29, 0.717) is 38.3 Å². The molecule has 4 rings (SSSR count). The maximum Gasteiger partial charge on any atom is 0.324 e. The predicted molar refractivity (Wildman–Crippen MR) is 101 cm³/mol. The number of carbonyl (C=O) groups is 1. The highest BCUT2D eigenvalue weighted by molar-refractivity contribution is 5.97. The van der Waals surface area contributed by atoms with E-state index in [2.05, 4.69) is 4.90 Å². The number of rotatable bonds is 2. The van der Waals surface area contributed by atoms with Crippen LogP contribution in [-0.4, -0.2) is 43.2 Å². The molecule has 6 heteroatoms. The molecule has 1 saturated heterocycles.